The van der Waals surface area contributed by atoms with Crippen molar-refractivity contribution in [1.82, 2.24) is 0 Å². The van der Waals surface area contributed by atoms with Crippen molar-refractivity contribution < 1.29 is 19.4 Å². The van der Waals surface area contributed by atoms with E-state index >= 15 is 0 Å². The summed E-state index contributed by atoms with van der Waals surface area (Å²) in [4.78, 5) is 22.7. The third-order valence-corrected chi connectivity index (χ3v) is 2.73. The lowest BCUT2D eigenvalue weighted by atomic mass is 10.1. The molecular weight excluding hydrogens is 268 g/mol. The molecular formula is C17H14O4. The summed E-state index contributed by atoms with van der Waals surface area (Å²) < 4.78 is 5.12. The maximum Gasteiger partial charge on any atom is 0.341 e. The number of benzene rings is 2. The number of rotatable bonds is 6. The average molecular weight is 282 g/mol. The highest BCUT2D eigenvalue weighted by Crippen LogP contribution is 2.19. The SMILES string of the molecule is O=C(O)COc1ccccc1C(=O)/C=C/c1ccccc1. The van der Waals surface area contributed by atoms with E-state index in [0.717, 1.165) is 5.56 Å². The Morgan fingerprint density at radius 2 is 1.67 bits per heavy atom. The molecule has 0 aliphatic carbocycles. The Bertz CT molecular complexity index is 660. The van der Waals surface area contributed by atoms with E-state index in [1.165, 1.54) is 6.08 Å². The predicted molar refractivity (Wildman–Crippen MR) is 79.4 cm³/mol. The van der Waals surface area contributed by atoms with E-state index in [4.69, 9.17) is 9.84 Å². The predicted octanol–water partition coefficient (Wildman–Crippen LogP) is 3.05. The molecule has 0 atom stereocenters. The fourth-order valence-corrected chi connectivity index (χ4v) is 1.76. The number of para-hydroxylation sites is 1. The van der Waals surface area contributed by atoms with Gasteiger partial charge < -0.3 is 9.84 Å². The molecule has 2 rings (SSSR count). The van der Waals surface area contributed by atoms with Gasteiger partial charge in [-0.05, 0) is 23.8 Å². The van der Waals surface area contributed by atoms with Crippen LogP contribution in [-0.4, -0.2) is 23.5 Å². The van der Waals surface area contributed by atoms with E-state index in [9.17, 15) is 9.59 Å². The third-order valence-electron chi connectivity index (χ3n) is 2.73. The number of ketones is 1. The van der Waals surface area contributed by atoms with Crippen LogP contribution in [0.2, 0.25) is 0 Å². The van der Waals surface area contributed by atoms with Crippen LogP contribution in [0.1, 0.15) is 15.9 Å². The zero-order chi connectivity index (χ0) is 15.1. The van der Waals surface area contributed by atoms with Crippen molar-refractivity contribution in [3.63, 3.8) is 0 Å². The summed E-state index contributed by atoms with van der Waals surface area (Å²) in [5.41, 5.74) is 1.25. The molecule has 0 radical (unpaired) electrons. The van der Waals surface area contributed by atoms with E-state index < -0.39 is 12.6 Å². The molecule has 0 aliphatic heterocycles. The smallest absolute Gasteiger partial charge is 0.341 e. The number of carbonyl (C=O) groups is 2. The monoisotopic (exact) mass is 282 g/mol. The second-order valence-corrected chi connectivity index (χ2v) is 4.29. The van der Waals surface area contributed by atoms with Crippen LogP contribution in [0.3, 0.4) is 0 Å². The zero-order valence-corrected chi connectivity index (χ0v) is 11.2. The molecule has 4 nitrogen and oxygen atoms in total. The Kier molecular flexibility index (Phi) is 4.88. The minimum atomic E-state index is -1.09. The quantitative estimate of drug-likeness (QED) is 0.653. The Morgan fingerprint density at radius 1 is 1.00 bits per heavy atom. The first-order valence-corrected chi connectivity index (χ1v) is 6.38. The van der Waals surface area contributed by atoms with Crippen molar-refractivity contribution in [2.24, 2.45) is 0 Å². The molecule has 0 spiro atoms. The number of carbonyl (C=O) groups excluding carboxylic acids is 1. The minimum Gasteiger partial charge on any atom is -0.481 e. The Labute approximate surface area is 122 Å². The number of carboxylic acid groups (broad SMARTS) is 1. The standard InChI is InChI=1S/C17H14O4/c18-15(11-10-13-6-2-1-3-7-13)14-8-4-5-9-16(14)21-12-17(19)20/h1-11H,12H2,(H,19,20)/b11-10+. The van der Waals surface area contributed by atoms with Gasteiger partial charge >= 0.3 is 5.97 Å². The van der Waals surface area contributed by atoms with Crippen LogP contribution in [0.25, 0.3) is 6.08 Å². The molecule has 1 N–H and O–H groups in total. The summed E-state index contributed by atoms with van der Waals surface area (Å²) in [5, 5.41) is 8.63. The molecule has 4 heteroatoms. The molecule has 0 saturated heterocycles. The fraction of sp³-hybridized carbons (Fsp3) is 0.0588. The van der Waals surface area contributed by atoms with Gasteiger partial charge in [0, 0.05) is 0 Å². The number of ether oxygens (including phenoxy) is 1. The van der Waals surface area contributed by atoms with Crippen molar-refractivity contribution >= 4 is 17.8 Å². The van der Waals surface area contributed by atoms with Crippen molar-refractivity contribution in [3.05, 3.63) is 71.8 Å². The highest BCUT2D eigenvalue weighted by molar-refractivity contribution is 6.08. The summed E-state index contributed by atoms with van der Waals surface area (Å²) in [5.74, 6) is -1.06. The molecule has 0 bridgehead atoms. The van der Waals surface area contributed by atoms with Crippen LogP contribution >= 0.6 is 0 Å². The molecule has 0 unspecified atom stereocenters. The molecule has 106 valence electrons. The van der Waals surface area contributed by atoms with Gasteiger partial charge in [-0.2, -0.15) is 0 Å². The molecule has 2 aromatic carbocycles. The number of hydrogen-bond acceptors (Lipinski definition) is 3. The topological polar surface area (TPSA) is 63.6 Å². The summed E-state index contributed by atoms with van der Waals surface area (Å²) in [7, 11) is 0. The Morgan fingerprint density at radius 3 is 2.38 bits per heavy atom. The van der Waals surface area contributed by atoms with Crippen LogP contribution < -0.4 is 4.74 Å². The van der Waals surface area contributed by atoms with Crippen molar-refractivity contribution in [3.8, 4) is 5.75 Å². The largest absolute Gasteiger partial charge is 0.481 e. The van der Waals surface area contributed by atoms with Crippen LogP contribution in [0.15, 0.2) is 60.7 Å². The molecule has 0 heterocycles. The van der Waals surface area contributed by atoms with Gasteiger partial charge in [0.25, 0.3) is 0 Å². The normalized spacial score (nSPS) is 10.5. The second-order valence-electron chi connectivity index (χ2n) is 4.29. The van der Waals surface area contributed by atoms with Gasteiger partial charge in [0.15, 0.2) is 12.4 Å². The molecule has 0 amide bonds. The highest BCUT2D eigenvalue weighted by atomic mass is 16.5. The van der Waals surface area contributed by atoms with E-state index in [1.807, 2.05) is 30.3 Å². The van der Waals surface area contributed by atoms with Gasteiger partial charge in [0.1, 0.15) is 5.75 Å². The second kappa shape index (κ2) is 7.05. The maximum absolute atomic E-state index is 12.2. The Hall–Kier alpha value is -2.88. The van der Waals surface area contributed by atoms with Gasteiger partial charge in [0.05, 0.1) is 5.56 Å². The average Bonchev–Trinajstić information content (AvgIpc) is 2.52. The number of hydrogen-bond donors (Lipinski definition) is 1. The number of aliphatic carboxylic acids is 1. The molecule has 0 aliphatic rings. The summed E-state index contributed by atoms with van der Waals surface area (Å²) in [6.45, 7) is -0.479. The molecule has 0 fully saturated rings. The summed E-state index contributed by atoms with van der Waals surface area (Å²) in [6.07, 6.45) is 3.15. The van der Waals surface area contributed by atoms with Gasteiger partial charge in [-0.15, -0.1) is 0 Å². The number of carboxylic acids is 1. The maximum atomic E-state index is 12.2. The summed E-state index contributed by atoms with van der Waals surface area (Å²) in [6, 6.07) is 16.0. The molecule has 21 heavy (non-hydrogen) atoms. The molecule has 2 aromatic rings. The van der Waals surface area contributed by atoms with E-state index in [0.29, 0.717) is 5.56 Å². The van der Waals surface area contributed by atoms with E-state index in [-0.39, 0.29) is 11.5 Å². The molecule has 0 saturated carbocycles. The van der Waals surface area contributed by atoms with Crippen LogP contribution in [0.4, 0.5) is 0 Å². The fourth-order valence-electron chi connectivity index (χ4n) is 1.76. The van der Waals surface area contributed by atoms with Crippen molar-refractivity contribution in [1.29, 1.82) is 0 Å². The lowest BCUT2D eigenvalue weighted by molar-refractivity contribution is -0.139. The van der Waals surface area contributed by atoms with Gasteiger partial charge in [0.2, 0.25) is 0 Å². The first kappa shape index (κ1) is 14.5. The van der Waals surface area contributed by atoms with Crippen LogP contribution in [0.5, 0.6) is 5.75 Å². The minimum absolute atomic E-state index is 0.236. The lowest BCUT2D eigenvalue weighted by Gasteiger charge is -2.07. The van der Waals surface area contributed by atoms with Gasteiger partial charge in [-0.1, -0.05) is 48.5 Å². The van der Waals surface area contributed by atoms with E-state index in [1.54, 1.807) is 30.3 Å². The lowest BCUT2D eigenvalue weighted by Crippen LogP contribution is -2.11. The highest BCUT2D eigenvalue weighted by Gasteiger charge is 2.10. The third kappa shape index (κ3) is 4.31. The molecule has 0 aromatic heterocycles. The van der Waals surface area contributed by atoms with Gasteiger partial charge in [-0.3, -0.25) is 4.79 Å². The van der Waals surface area contributed by atoms with Crippen molar-refractivity contribution in [2.75, 3.05) is 6.61 Å². The number of allylic oxidation sites excluding steroid dienone is 1. The summed E-state index contributed by atoms with van der Waals surface area (Å²) >= 11 is 0. The first-order chi connectivity index (χ1) is 10.2. The first-order valence-electron chi connectivity index (χ1n) is 6.38. The van der Waals surface area contributed by atoms with Crippen molar-refractivity contribution in [2.45, 2.75) is 0 Å². The Balaban J connectivity index is 2.15. The zero-order valence-electron chi connectivity index (χ0n) is 11.2. The van der Waals surface area contributed by atoms with Crippen LogP contribution in [-0.2, 0) is 4.79 Å². The van der Waals surface area contributed by atoms with Crippen LogP contribution in [0, 0.1) is 0 Å². The van der Waals surface area contributed by atoms with E-state index in [2.05, 4.69) is 0 Å². The van der Waals surface area contributed by atoms with Gasteiger partial charge in [-0.25, -0.2) is 4.79 Å².